The van der Waals surface area contributed by atoms with Crippen LogP contribution in [0.1, 0.15) is 15.9 Å². The first-order valence-corrected chi connectivity index (χ1v) is 9.16. The maximum absolute atomic E-state index is 12.5. The average Bonchev–Trinajstić information content (AvgIpc) is 2.72. The number of pyridine rings is 1. The van der Waals surface area contributed by atoms with E-state index in [1.54, 1.807) is 18.2 Å². The van der Waals surface area contributed by atoms with Crippen LogP contribution in [0.25, 0.3) is 0 Å². The number of aromatic nitrogens is 1. The first-order valence-electron chi connectivity index (χ1n) is 9.16. The van der Waals surface area contributed by atoms with Crippen LogP contribution >= 0.6 is 0 Å². The number of piperazine rings is 1. The van der Waals surface area contributed by atoms with E-state index >= 15 is 0 Å². The minimum Gasteiger partial charge on any atom is -0.489 e. The molecule has 27 heavy (non-hydrogen) atoms. The van der Waals surface area contributed by atoms with E-state index in [0.29, 0.717) is 24.5 Å². The second-order valence-electron chi connectivity index (χ2n) is 6.59. The van der Waals surface area contributed by atoms with Gasteiger partial charge in [-0.15, -0.1) is 0 Å². The van der Waals surface area contributed by atoms with Crippen LogP contribution in [0.5, 0.6) is 5.75 Å². The molecule has 3 rings (SSSR count). The van der Waals surface area contributed by atoms with Crippen LogP contribution in [0.2, 0.25) is 0 Å². The molecular weight excluding hydrogens is 340 g/mol. The predicted molar refractivity (Wildman–Crippen MR) is 107 cm³/mol. The number of carbonyl (C=O) groups is 1. The maximum Gasteiger partial charge on any atom is 0.255 e. The van der Waals surface area contributed by atoms with Gasteiger partial charge in [-0.05, 0) is 30.8 Å². The molecular formula is C21H26N4O2. The number of likely N-dealkylation sites (N-methyl/N-ethyl adjacent to an activating group) is 1. The van der Waals surface area contributed by atoms with Gasteiger partial charge in [0, 0.05) is 38.9 Å². The number of nitrogens with one attached hydrogen (secondary N) is 1. The molecule has 0 radical (unpaired) electrons. The molecule has 1 aliphatic rings. The molecule has 1 aliphatic heterocycles. The van der Waals surface area contributed by atoms with E-state index < -0.39 is 0 Å². The maximum atomic E-state index is 12.5. The van der Waals surface area contributed by atoms with Gasteiger partial charge in [0.05, 0.1) is 5.56 Å². The van der Waals surface area contributed by atoms with E-state index in [1.165, 1.54) is 0 Å². The molecule has 0 saturated carbocycles. The molecule has 1 aromatic carbocycles. The number of ether oxygens (including phenoxy) is 1. The molecule has 0 unspecified atom stereocenters. The SMILES string of the molecule is C=CCOc1ccccc1C(=O)NCc1ccc(N2CCN(C)CC2)nc1. The van der Waals surface area contributed by atoms with Gasteiger partial charge in [-0.25, -0.2) is 4.98 Å². The molecule has 2 heterocycles. The number of anilines is 1. The molecule has 0 atom stereocenters. The Balaban J connectivity index is 1.57. The lowest BCUT2D eigenvalue weighted by molar-refractivity contribution is 0.0947. The Labute approximate surface area is 160 Å². The molecule has 1 N–H and O–H groups in total. The van der Waals surface area contributed by atoms with E-state index in [9.17, 15) is 4.79 Å². The fraction of sp³-hybridized carbons (Fsp3) is 0.333. The Hall–Kier alpha value is -2.86. The lowest BCUT2D eigenvalue weighted by Crippen LogP contribution is -2.44. The standard InChI is InChI=1S/C21H26N4O2/c1-3-14-27-19-7-5-4-6-18(19)21(26)23-16-17-8-9-20(22-15-17)25-12-10-24(2)11-13-25/h3-9,15H,1,10-14,16H2,2H3,(H,23,26). The Morgan fingerprint density at radius 3 is 2.70 bits per heavy atom. The van der Waals surface area contributed by atoms with Gasteiger partial charge in [-0.2, -0.15) is 0 Å². The van der Waals surface area contributed by atoms with Crippen LogP contribution in [-0.4, -0.2) is 55.6 Å². The summed E-state index contributed by atoms with van der Waals surface area (Å²) in [6, 6.07) is 11.2. The van der Waals surface area contributed by atoms with Gasteiger partial charge in [0.1, 0.15) is 18.2 Å². The van der Waals surface area contributed by atoms with E-state index in [2.05, 4.69) is 33.7 Å². The third kappa shape index (κ3) is 5.08. The lowest BCUT2D eigenvalue weighted by Gasteiger charge is -2.33. The van der Waals surface area contributed by atoms with Crippen molar-refractivity contribution in [3.05, 3.63) is 66.4 Å². The second kappa shape index (κ2) is 9.19. The van der Waals surface area contributed by atoms with Crippen molar-refractivity contribution in [1.29, 1.82) is 0 Å². The molecule has 0 bridgehead atoms. The second-order valence-corrected chi connectivity index (χ2v) is 6.59. The quantitative estimate of drug-likeness (QED) is 0.762. The van der Waals surface area contributed by atoms with Crippen molar-refractivity contribution in [1.82, 2.24) is 15.2 Å². The topological polar surface area (TPSA) is 57.7 Å². The summed E-state index contributed by atoms with van der Waals surface area (Å²) in [7, 11) is 2.14. The summed E-state index contributed by atoms with van der Waals surface area (Å²) in [4.78, 5) is 21.7. The lowest BCUT2D eigenvalue weighted by atomic mass is 10.2. The normalized spacial score (nSPS) is 14.6. The van der Waals surface area contributed by atoms with Gasteiger partial charge in [0.15, 0.2) is 0 Å². The number of para-hydroxylation sites is 1. The Bertz CT molecular complexity index is 768. The highest BCUT2D eigenvalue weighted by atomic mass is 16.5. The van der Waals surface area contributed by atoms with Crippen LogP contribution in [0.15, 0.2) is 55.3 Å². The summed E-state index contributed by atoms with van der Waals surface area (Å²) in [5.74, 6) is 1.37. The summed E-state index contributed by atoms with van der Waals surface area (Å²) < 4.78 is 5.55. The predicted octanol–water partition coefficient (Wildman–Crippen LogP) is 2.33. The fourth-order valence-electron chi connectivity index (χ4n) is 2.95. The van der Waals surface area contributed by atoms with E-state index in [0.717, 1.165) is 37.6 Å². The third-order valence-corrected chi connectivity index (χ3v) is 4.58. The van der Waals surface area contributed by atoms with Gasteiger partial charge in [-0.1, -0.05) is 30.9 Å². The number of hydrogen-bond acceptors (Lipinski definition) is 5. The average molecular weight is 366 g/mol. The molecule has 1 aromatic heterocycles. The number of carbonyl (C=O) groups excluding carboxylic acids is 1. The molecule has 6 heteroatoms. The first-order chi connectivity index (χ1) is 13.2. The van der Waals surface area contributed by atoms with Gasteiger partial charge in [-0.3, -0.25) is 4.79 Å². The van der Waals surface area contributed by atoms with Crippen LogP contribution in [0.4, 0.5) is 5.82 Å². The zero-order chi connectivity index (χ0) is 19.1. The summed E-state index contributed by atoms with van der Waals surface area (Å²) in [5.41, 5.74) is 1.48. The van der Waals surface area contributed by atoms with Gasteiger partial charge in [0.25, 0.3) is 5.91 Å². The monoisotopic (exact) mass is 366 g/mol. The molecule has 0 spiro atoms. The van der Waals surface area contributed by atoms with Gasteiger partial charge >= 0.3 is 0 Å². The van der Waals surface area contributed by atoms with Gasteiger partial charge in [0.2, 0.25) is 0 Å². The zero-order valence-electron chi connectivity index (χ0n) is 15.7. The Kier molecular flexibility index (Phi) is 6.44. The third-order valence-electron chi connectivity index (χ3n) is 4.58. The van der Waals surface area contributed by atoms with Crippen molar-refractivity contribution in [3.8, 4) is 5.75 Å². The largest absolute Gasteiger partial charge is 0.489 e. The van der Waals surface area contributed by atoms with Gasteiger partial charge < -0.3 is 19.9 Å². The van der Waals surface area contributed by atoms with Crippen molar-refractivity contribution in [3.63, 3.8) is 0 Å². The first kappa shape index (κ1) is 18.9. The fourth-order valence-corrected chi connectivity index (χ4v) is 2.95. The Morgan fingerprint density at radius 2 is 2.00 bits per heavy atom. The summed E-state index contributed by atoms with van der Waals surface area (Å²) in [6.07, 6.45) is 3.48. The highest BCUT2D eigenvalue weighted by Crippen LogP contribution is 2.18. The highest BCUT2D eigenvalue weighted by Gasteiger charge is 2.15. The van der Waals surface area contributed by atoms with Crippen molar-refractivity contribution < 1.29 is 9.53 Å². The molecule has 0 aliphatic carbocycles. The van der Waals surface area contributed by atoms with E-state index in [-0.39, 0.29) is 5.91 Å². The minimum atomic E-state index is -0.169. The molecule has 1 fully saturated rings. The van der Waals surface area contributed by atoms with Crippen molar-refractivity contribution in [2.75, 3.05) is 44.7 Å². The van der Waals surface area contributed by atoms with Crippen LogP contribution in [0, 0.1) is 0 Å². The van der Waals surface area contributed by atoms with Crippen molar-refractivity contribution >= 4 is 11.7 Å². The number of hydrogen-bond donors (Lipinski definition) is 1. The van der Waals surface area contributed by atoms with Crippen molar-refractivity contribution in [2.24, 2.45) is 0 Å². The van der Waals surface area contributed by atoms with E-state index in [4.69, 9.17) is 4.74 Å². The zero-order valence-corrected chi connectivity index (χ0v) is 15.7. The summed E-state index contributed by atoms with van der Waals surface area (Å²) >= 11 is 0. The molecule has 1 saturated heterocycles. The molecule has 2 aromatic rings. The number of rotatable bonds is 7. The van der Waals surface area contributed by atoms with E-state index in [1.807, 2.05) is 30.5 Å². The summed E-state index contributed by atoms with van der Waals surface area (Å²) in [6.45, 7) is 8.49. The molecule has 1 amide bonds. The van der Waals surface area contributed by atoms with Crippen LogP contribution < -0.4 is 15.0 Å². The van der Waals surface area contributed by atoms with Crippen molar-refractivity contribution in [2.45, 2.75) is 6.54 Å². The highest BCUT2D eigenvalue weighted by molar-refractivity contribution is 5.96. The Morgan fingerprint density at radius 1 is 1.22 bits per heavy atom. The number of amides is 1. The molecule has 142 valence electrons. The van der Waals surface area contributed by atoms with Crippen LogP contribution in [0.3, 0.4) is 0 Å². The number of benzene rings is 1. The smallest absolute Gasteiger partial charge is 0.255 e. The van der Waals surface area contributed by atoms with Crippen LogP contribution in [-0.2, 0) is 6.54 Å². The minimum absolute atomic E-state index is 0.169. The summed E-state index contributed by atoms with van der Waals surface area (Å²) in [5, 5.41) is 2.93. The number of nitrogens with zero attached hydrogens (tertiary/aromatic N) is 3. The molecule has 6 nitrogen and oxygen atoms in total.